The average molecular weight is 1000 g/mol. The SMILES string of the molecule is CCCCCCCCCCCCCCCC(=O)OC[C@H](CSCC(N)C(=O)Nc1ccc(Cn2c(CCCC)nc3c(N)nc4ccccc4c32)cc1)OC(=O)CCCCCCCCCCCCCCC. The van der Waals surface area contributed by atoms with Gasteiger partial charge in [0.15, 0.2) is 5.82 Å². The molecule has 11 nitrogen and oxygen atoms in total. The number of unbranched alkanes of at least 4 members (excludes halogenated alkanes) is 25. The summed E-state index contributed by atoms with van der Waals surface area (Å²) in [6, 6.07) is 15.0. The Labute approximate surface area is 432 Å². The molecule has 1 unspecified atom stereocenters. The highest BCUT2D eigenvalue weighted by atomic mass is 32.2. The van der Waals surface area contributed by atoms with Gasteiger partial charge in [0, 0.05) is 48.4 Å². The van der Waals surface area contributed by atoms with Crippen molar-refractivity contribution < 1.29 is 23.9 Å². The molecule has 396 valence electrons. The lowest BCUT2D eigenvalue weighted by Gasteiger charge is -2.19. The number of imidazole rings is 1. The number of pyridine rings is 1. The Morgan fingerprint density at radius 3 is 1.68 bits per heavy atom. The van der Waals surface area contributed by atoms with E-state index < -0.39 is 12.1 Å². The van der Waals surface area contributed by atoms with Crippen molar-refractivity contribution in [1.29, 1.82) is 0 Å². The Bertz CT molecular complexity index is 2070. The summed E-state index contributed by atoms with van der Waals surface area (Å²) in [5, 5.41) is 3.98. The van der Waals surface area contributed by atoms with E-state index in [1.54, 1.807) is 0 Å². The molecule has 0 spiro atoms. The second kappa shape index (κ2) is 36.7. The van der Waals surface area contributed by atoms with Crippen LogP contribution in [0.1, 0.15) is 225 Å². The van der Waals surface area contributed by atoms with Crippen molar-refractivity contribution in [2.75, 3.05) is 29.2 Å². The normalized spacial score (nSPS) is 12.4. The van der Waals surface area contributed by atoms with Crippen molar-refractivity contribution in [3.63, 3.8) is 0 Å². The summed E-state index contributed by atoms with van der Waals surface area (Å²) in [7, 11) is 0. The fourth-order valence-corrected chi connectivity index (χ4v) is 10.3. The predicted molar refractivity (Wildman–Crippen MR) is 299 cm³/mol. The molecule has 2 heterocycles. The maximum absolute atomic E-state index is 13.3. The molecule has 0 aliphatic heterocycles. The molecule has 4 rings (SSSR count). The van der Waals surface area contributed by atoms with Crippen LogP contribution in [-0.2, 0) is 36.8 Å². The number of amides is 1. The van der Waals surface area contributed by atoms with E-state index in [2.05, 4.69) is 41.7 Å². The second-order valence-corrected chi connectivity index (χ2v) is 21.1. The number of anilines is 2. The number of para-hydroxylation sites is 1. The van der Waals surface area contributed by atoms with Gasteiger partial charge < -0.3 is 30.8 Å². The van der Waals surface area contributed by atoms with Crippen LogP contribution >= 0.6 is 11.8 Å². The predicted octanol–water partition coefficient (Wildman–Crippen LogP) is 15.0. The molecular weight excluding hydrogens is 905 g/mol. The molecule has 0 radical (unpaired) electrons. The monoisotopic (exact) mass is 999 g/mol. The molecule has 4 aromatic rings. The van der Waals surface area contributed by atoms with Crippen LogP contribution in [0.4, 0.5) is 11.5 Å². The Morgan fingerprint density at radius 1 is 0.620 bits per heavy atom. The maximum Gasteiger partial charge on any atom is 0.306 e. The van der Waals surface area contributed by atoms with Crippen LogP contribution in [0, 0.1) is 0 Å². The fourth-order valence-electron chi connectivity index (χ4n) is 9.31. The zero-order valence-corrected chi connectivity index (χ0v) is 45.3. The lowest BCUT2D eigenvalue weighted by Crippen LogP contribution is -2.38. The van der Waals surface area contributed by atoms with Gasteiger partial charge >= 0.3 is 11.9 Å². The minimum atomic E-state index is -0.800. The number of hydrogen-bond acceptors (Lipinski definition) is 10. The molecular formula is C59H94N6O5S. The number of carbonyl (C=O) groups excluding carboxylic acids is 3. The first kappa shape index (κ1) is 59.4. The van der Waals surface area contributed by atoms with Crippen LogP contribution in [0.3, 0.4) is 0 Å². The summed E-state index contributed by atoms with van der Waals surface area (Å²) in [5.41, 5.74) is 17.1. The largest absolute Gasteiger partial charge is 0.462 e. The van der Waals surface area contributed by atoms with E-state index in [0.29, 0.717) is 42.4 Å². The first-order valence-electron chi connectivity index (χ1n) is 28.3. The molecule has 0 bridgehead atoms. The van der Waals surface area contributed by atoms with Gasteiger partial charge in [-0.1, -0.05) is 212 Å². The first-order chi connectivity index (χ1) is 34.7. The van der Waals surface area contributed by atoms with Gasteiger partial charge in [0.2, 0.25) is 5.91 Å². The summed E-state index contributed by atoms with van der Waals surface area (Å²) in [4.78, 5) is 48.7. The Balaban J connectivity index is 1.21. The lowest BCUT2D eigenvalue weighted by atomic mass is 10.0. The molecule has 12 heteroatoms. The summed E-state index contributed by atoms with van der Waals surface area (Å²) in [5.74, 6) is 1.24. The molecule has 0 saturated heterocycles. The van der Waals surface area contributed by atoms with Crippen molar-refractivity contribution in [2.24, 2.45) is 5.73 Å². The Morgan fingerprint density at radius 2 is 1.13 bits per heavy atom. The van der Waals surface area contributed by atoms with E-state index in [0.717, 1.165) is 91.1 Å². The van der Waals surface area contributed by atoms with Gasteiger partial charge in [-0.2, -0.15) is 11.8 Å². The van der Waals surface area contributed by atoms with Crippen LogP contribution < -0.4 is 16.8 Å². The minimum Gasteiger partial charge on any atom is -0.462 e. The number of rotatable bonds is 42. The number of hydrogen-bond donors (Lipinski definition) is 3. The highest BCUT2D eigenvalue weighted by Gasteiger charge is 2.21. The average Bonchev–Trinajstić information content (AvgIpc) is 3.74. The number of nitrogen functional groups attached to an aromatic ring is 1. The number of aromatic nitrogens is 3. The number of benzene rings is 2. The molecule has 2 aromatic heterocycles. The van der Waals surface area contributed by atoms with Gasteiger partial charge in [0.25, 0.3) is 0 Å². The van der Waals surface area contributed by atoms with Gasteiger partial charge in [0.1, 0.15) is 24.1 Å². The number of carbonyl (C=O) groups is 3. The van der Waals surface area contributed by atoms with E-state index in [1.165, 1.54) is 140 Å². The van der Waals surface area contributed by atoms with Gasteiger partial charge in [-0.3, -0.25) is 14.4 Å². The molecule has 2 aromatic carbocycles. The second-order valence-electron chi connectivity index (χ2n) is 20.0. The number of thioether (sulfide) groups is 1. The van der Waals surface area contributed by atoms with Crippen LogP contribution in [-0.4, -0.2) is 62.6 Å². The van der Waals surface area contributed by atoms with Gasteiger partial charge in [-0.25, -0.2) is 9.97 Å². The molecule has 2 atom stereocenters. The van der Waals surface area contributed by atoms with E-state index in [9.17, 15) is 14.4 Å². The molecule has 0 aliphatic carbocycles. The number of nitrogens with two attached hydrogens (primary N) is 2. The van der Waals surface area contributed by atoms with Gasteiger partial charge in [-0.15, -0.1) is 0 Å². The van der Waals surface area contributed by atoms with Gasteiger partial charge in [-0.05, 0) is 43.0 Å². The van der Waals surface area contributed by atoms with Crippen LogP contribution in [0.15, 0.2) is 48.5 Å². The third kappa shape index (κ3) is 24.0. The zero-order chi connectivity index (χ0) is 50.7. The number of esters is 2. The van der Waals surface area contributed by atoms with Crippen molar-refractivity contribution in [3.8, 4) is 0 Å². The molecule has 0 saturated carbocycles. The van der Waals surface area contributed by atoms with Crippen molar-refractivity contribution >= 4 is 63.0 Å². The molecule has 1 amide bonds. The smallest absolute Gasteiger partial charge is 0.306 e. The third-order valence-corrected chi connectivity index (χ3v) is 14.8. The van der Waals surface area contributed by atoms with Crippen molar-refractivity contribution in [1.82, 2.24) is 14.5 Å². The Hall–Kier alpha value is -4.16. The van der Waals surface area contributed by atoms with E-state index >= 15 is 0 Å². The molecule has 0 aliphatic rings. The lowest BCUT2D eigenvalue weighted by molar-refractivity contribution is -0.157. The molecule has 5 N–H and O–H groups in total. The number of ether oxygens (including phenoxy) is 2. The van der Waals surface area contributed by atoms with Crippen molar-refractivity contribution in [2.45, 2.75) is 239 Å². The van der Waals surface area contributed by atoms with Crippen LogP contribution in [0.2, 0.25) is 0 Å². The van der Waals surface area contributed by atoms with Crippen LogP contribution in [0.5, 0.6) is 0 Å². The van der Waals surface area contributed by atoms with Gasteiger partial charge in [0.05, 0.1) is 17.1 Å². The van der Waals surface area contributed by atoms with Crippen molar-refractivity contribution in [3.05, 3.63) is 59.9 Å². The summed E-state index contributed by atoms with van der Waals surface area (Å²) in [6.45, 7) is 7.28. The number of fused-ring (bicyclic) bond motifs is 3. The highest BCUT2D eigenvalue weighted by Crippen LogP contribution is 2.30. The third-order valence-electron chi connectivity index (χ3n) is 13.6. The number of nitrogens with zero attached hydrogens (tertiary/aromatic N) is 3. The fraction of sp³-hybridized carbons (Fsp3) is 0.678. The minimum absolute atomic E-state index is 0.00212. The van der Waals surface area contributed by atoms with Crippen LogP contribution in [0.25, 0.3) is 21.9 Å². The quantitative estimate of drug-likeness (QED) is 0.0287. The summed E-state index contributed by atoms with van der Waals surface area (Å²) in [6.07, 6.45) is 35.2. The summed E-state index contributed by atoms with van der Waals surface area (Å²) < 4.78 is 13.8. The van der Waals surface area contributed by atoms with E-state index in [-0.39, 0.29) is 24.5 Å². The topological polar surface area (TPSA) is 164 Å². The standard InChI is InChI=1S/C59H94N6O5S/c1-4-7-10-12-14-16-18-20-22-24-26-28-30-37-54(66)69-44-49(70-55(67)38-31-29-27-25-23-21-19-17-15-13-11-8-5-2)45-71-46-51(60)59(68)62-48-41-39-47(40-42-48)43-65-53(36-9-6-3)64-56-57(65)50-34-32-33-35-52(50)63-58(56)61/h32-35,39-42,49,51H,4-31,36-38,43-46,60H2,1-3H3,(H2,61,63)(H,62,68)/t49-,51?/m1/s1. The van der Waals surface area contributed by atoms with E-state index in [1.807, 2.05) is 42.5 Å². The molecule has 0 fully saturated rings. The molecule has 71 heavy (non-hydrogen) atoms. The number of aryl methyl sites for hydroxylation is 1. The Kier molecular flexibility index (Phi) is 30.7. The summed E-state index contributed by atoms with van der Waals surface area (Å²) >= 11 is 1.43. The highest BCUT2D eigenvalue weighted by molar-refractivity contribution is 7.99. The maximum atomic E-state index is 13.3. The zero-order valence-electron chi connectivity index (χ0n) is 44.5. The van der Waals surface area contributed by atoms with E-state index in [4.69, 9.17) is 25.9 Å². The first-order valence-corrected chi connectivity index (χ1v) is 29.5. The number of nitrogens with one attached hydrogen (secondary N) is 1.